The lowest BCUT2D eigenvalue weighted by Crippen LogP contribution is -2.38. The van der Waals surface area contributed by atoms with Crippen LogP contribution in [-0.4, -0.2) is 30.6 Å². The summed E-state index contributed by atoms with van der Waals surface area (Å²) in [5.41, 5.74) is 2.63. The summed E-state index contributed by atoms with van der Waals surface area (Å²) in [4.78, 5) is 13.8. The third-order valence-electron chi connectivity index (χ3n) is 3.85. The number of urea groups is 1. The zero-order valence-corrected chi connectivity index (χ0v) is 12.3. The van der Waals surface area contributed by atoms with Crippen LogP contribution in [0.25, 0.3) is 0 Å². The van der Waals surface area contributed by atoms with Crippen LogP contribution in [0.3, 0.4) is 0 Å². The molecule has 1 fully saturated rings. The number of benzene rings is 1. The average molecular weight is 272 g/mol. The van der Waals surface area contributed by atoms with E-state index >= 15 is 0 Å². The zero-order valence-electron chi connectivity index (χ0n) is 12.3. The SMILES string of the molecule is C=C[C@@H]1CCN(C(=O)NCCCc2cccc(C)c2)C1. The summed E-state index contributed by atoms with van der Waals surface area (Å²) >= 11 is 0. The summed E-state index contributed by atoms with van der Waals surface area (Å²) in [6, 6.07) is 8.61. The lowest BCUT2D eigenvalue weighted by atomic mass is 10.1. The van der Waals surface area contributed by atoms with Gasteiger partial charge >= 0.3 is 6.03 Å². The minimum atomic E-state index is 0.0681. The van der Waals surface area contributed by atoms with Crippen molar-refractivity contribution in [1.29, 1.82) is 0 Å². The second-order valence-corrected chi connectivity index (χ2v) is 5.56. The highest BCUT2D eigenvalue weighted by atomic mass is 16.2. The van der Waals surface area contributed by atoms with E-state index < -0.39 is 0 Å². The van der Waals surface area contributed by atoms with Crippen LogP contribution in [0.5, 0.6) is 0 Å². The molecule has 1 N–H and O–H groups in total. The van der Waals surface area contributed by atoms with Crippen LogP contribution in [0, 0.1) is 12.8 Å². The van der Waals surface area contributed by atoms with Gasteiger partial charge < -0.3 is 10.2 Å². The number of carbonyl (C=O) groups excluding carboxylic acids is 1. The normalized spacial score (nSPS) is 18.1. The first-order valence-electron chi connectivity index (χ1n) is 7.40. The smallest absolute Gasteiger partial charge is 0.317 e. The van der Waals surface area contributed by atoms with Crippen LogP contribution in [0.1, 0.15) is 24.0 Å². The van der Waals surface area contributed by atoms with Crippen molar-refractivity contribution in [2.24, 2.45) is 5.92 Å². The maximum atomic E-state index is 12.0. The fourth-order valence-corrected chi connectivity index (χ4v) is 2.63. The Morgan fingerprint density at radius 2 is 2.40 bits per heavy atom. The molecule has 1 aromatic carbocycles. The van der Waals surface area contributed by atoms with Crippen LogP contribution in [0.4, 0.5) is 4.79 Å². The van der Waals surface area contributed by atoms with Gasteiger partial charge in [-0.25, -0.2) is 4.79 Å². The Labute approximate surface area is 121 Å². The van der Waals surface area contributed by atoms with Gasteiger partial charge in [-0.1, -0.05) is 35.9 Å². The Morgan fingerprint density at radius 1 is 1.55 bits per heavy atom. The maximum absolute atomic E-state index is 12.0. The zero-order chi connectivity index (χ0) is 14.4. The monoisotopic (exact) mass is 272 g/mol. The molecule has 3 nitrogen and oxygen atoms in total. The number of aryl methyl sites for hydroxylation is 2. The molecule has 1 saturated heterocycles. The first-order valence-corrected chi connectivity index (χ1v) is 7.40. The summed E-state index contributed by atoms with van der Waals surface area (Å²) in [6.07, 6.45) is 4.98. The Hall–Kier alpha value is -1.77. The number of nitrogens with one attached hydrogen (secondary N) is 1. The highest BCUT2D eigenvalue weighted by Gasteiger charge is 2.23. The van der Waals surface area contributed by atoms with Gasteiger partial charge in [0, 0.05) is 19.6 Å². The quantitative estimate of drug-likeness (QED) is 0.648. The van der Waals surface area contributed by atoms with E-state index in [1.54, 1.807) is 0 Å². The molecule has 108 valence electrons. The summed E-state index contributed by atoms with van der Waals surface area (Å²) < 4.78 is 0. The first-order chi connectivity index (χ1) is 9.69. The van der Waals surface area contributed by atoms with Gasteiger partial charge in [-0.2, -0.15) is 0 Å². The Kier molecular flexibility index (Phi) is 5.22. The minimum absolute atomic E-state index is 0.0681. The Balaban J connectivity index is 1.66. The molecule has 20 heavy (non-hydrogen) atoms. The van der Waals surface area contributed by atoms with Gasteiger partial charge in [-0.15, -0.1) is 6.58 Å². The molecule has 0 aliphatic carbocycles. The number of rotatable bonds is 5. The second kappa shape index (κ2) is 7.13. The topological polar surface area (TPSA) is 32.3 Å². The van der Waals surface area contributed by atoms with Crippen LogP contribution in [-0.2, 0) is 6.42 Å². The predicted molar refractivity (Wildman–Crippen MR) is 82.8 cm³/mol. The summed E-state index contributed by atoms with van der Waals surface area (Å²) in [5, 5.41) is 3.01. The van der Waals surface area contributed by atoms with E-state index in [0.29, 0.717) is 5.92 Å². The van der Waals surface area contributed by atoms with Crippen molar-refractivity contribution in [2.45, 2.75) is 26.2 Å². The number of amides is 2. The van der Waals surface area contributed by atoms with Crippen molar-refractivity contribution in [3.05, 3.63) is 48.0 Å². The van der Waals surface area contributed by atoms with Gasteiger partial charge in [0.1, 0.15) is 0 Å². The molecule has 3 heteroatoms. The molecule has 2 rings (SSSR count). The third kappa shape index (κ3) is 4.12. The fraction of sp³-hybridized carbons (Fsp3) is 0.471. The predicted octanol–water partition coefficient (Wildman–Crippen LogP) is 3.15. The van der Waals surface area contributed by atoms with Crippen LogP contribution >= 0.6 is 0 Å². The summed E-state index contributed by atoms with van der Waals surface area (Å²) in [6.45, 7) is 8.30. The molecular formula is C17H24N2O. The van der Waals surface area contributed by atoms with E-state index in [0.717, 1.165) is 38.9 Å². The van der Waals surface area contributed by atoms with E-state index in [-0.39, 0.29) is 6.03 Å². The van der Waals surface area contributed by atoms with Crippen molar-refractivity contribution in [1.82, 2.24) is 10.2 Å². The average Bonchev–Trinajstić information content (AvgIpc) is 2.92. The first kappa shape index (κ1) is 14.6. The number of hydrogen-bond donors (Lipinski definition) is 1. The van der Waals surface area contributed by atoms with Crippen molar-refractivity contribution in [2.75, 3.05) is 19.6 Å². The van der Waals surface area contributed by atoms with E-state index in [1.807, 2.05) is 11.0 Å². The standard InChI is InChI=1S/C17H24N2O/c1-3-15-9-11-19(13-15)17(20)18-10-5-8-16-7-4-6-14(2)12-16/h3-4,6-7,12,15H,1,5,8-11,13H2,2H3,(H,18,20)/t15-/m1/s1. The van der Waals surface area contributed by atoms with Gasteiger partial charge in [-0.3, -0.25) is 0 Å². The highest BCUT2D eigenvalue weighted by molar-refractivity contribution is 5.74. The molecule has 1 aromatic rings. The van der Waals surface area contributed by atoms with Crippen molar-refractivity contribution >= 4 is 6.03 Å². The largest absolute Gasteiger partial charge is 0.338 e. The maximum Gasteiger partial charge on any atom is 0.317 e. The number of carbonyl (C=O) groups is 1. The molecule has 1 atom stereocenters. The minimum Gasteiger partial charge on any atom is -0.338 e. The number of nitrogens with zero attached hydrogens (tertiary/aromatic N) is 1. The lowest BCUT2D eigenvalue weighted by Gasteiger charge is -2.16. The molecule has 0 unspecified atom stereocenters. The Bertz CT molecular complexity index is 470. The summed E-state index contributed by atoms with van der Waals surface area (Å²) in [5.74, 6) is 0.466. The molecule has 0 radical (unpaired) electrons. The molecule has 0 saturated carbocycles. The van der Waals surface area contributed by atoms with Gasteiger partial charge in [0.2, 0.25) is 0 Å². The van der Waals surface area contributed by atoms with Gasteiger partial charge in [0.15, 0.2) is 0 Å². The van der Waals surface area contributed by atoms with Gasteiger partial charge in [0.05, 0.1) is 0 Å². The Morgan fingerprint density at radius 3 is 3.10 bits per heavy atom. The molecule has 0 aromatic heterocycles. The molecule has 0 bridgehead atoms. The molecule has 0 spiro atoms. The number of likely N-dealkylation sites (tertiary alicyclic amines) is 1. The van der Waals surface area contributed by atoms with Crippen LogP contribution in [0.15, 0.2) is 36.9 Å². The molecule has 1 aliphatic heterocycles. The van der Waals surface area contributed by atoms with E-state index in [2.05, 4.69) is 43.1 Å². The molecular weight excluding hydrogens is 248 g/mol. The lowest BCUT2D eigenvalue weighted by molar-refractivity contribution is 0.208. The second-order valence-electron chi connectivity index (χ2n) is 5.56. The fourth-order valence-electron chi connectivity index (χ4n) is 2.63. The van der Waals surface area contributed by atoms with E-state index in [9.17, 15) is 4.79 Å². The third-order valence-corrected chi connectivity index (χ3v) is 3.85. The molecule has 1 heterocycles. The van der Waals surface area contributed by atoms with E-state index in [4.69, 9.17) is 0 Å². The van der Waals surface area contributed by atoms with Gasteiger partial charge in [-0.05, 0) is 37.7 Å². The van der Waals surface area contributed by atoms with Crippen LogP contribution < -0.4 is 5.32 Å². The van der Waals surface area contributed by atoms with Crippen molar-refractivity contribution < 1.29 is 4.79 Å². The van der Waals surface area contributed by atoms with Crippen molar-refractivity contribution in [3.63, 3.8) is 0 Å². The molecule has 2 amide bonds. The van der Waals surface area contributed by atoms with Crippen molar-refractivity contribution in [3.8, 4) is 0 Å². The number of hydrogen-bond acceptors (Lipinski definition) is 1. The van der Waals surface area contributed by atoms with Crippen LogP contribution in [0.2, 0.25) is 0 Å². The molecule has 1 aliphatic rings. The highest BCUT2D eigenvalue weighted by Crippen LogP contribution is 2.16. The van der Waals surface area contributed by atoms with Gasteiger partial charge in [0.25, 0.3) is 0 Å². The summed E-state index contributed by atoms with van der Waals surface area (Å²) in [7, 11) is 0. The van der Waals surface area contributed by atoms with E-state index in [1.165, 1.54) is 11.1 Å².